The normalized spacial score (nSPS) is 13.3. The summed E-state index contributed by atoms with van der Waals surface area (Å²) < 4.78 is 51.1. The molecule has 14 heavy (non-hydrogen) atoms. The van der Waals surface area contributed by atoms with E-state index in [1.165, 1.54) is 0 Å². The second-order valence-electron chi connectivity index (χ2n) is 2.94. The SMILES string of the molecule is CCCCCCOC(F)(F)C([O])(F)F. The molecule has 0 aliphatic rings. The molecule has 0 bridgehead atoms. The van der Waals surface area contributed by atoms with Crippen LogP contribution in [0, 0.1) is 0 Å². The lowest BCUT2D eigenvalue weighted by molar-refractivity contribution is -0.436. The van der Waals surface area contributed by atoms with Gasteiger partial charge in [-0.1, -0.05) is 26.2 Å². The zero-order chi connectivity index (χ0) is 11.2. The summed E-state index contributed by atoms with van der Waals surface area (Å²) in [6.45, 7) is 1.39. The van der Waals surface area contributed by atoms with E-state index >= 15 is 0 Å². The van der Waals surface area contributed by atoms with Gasteiger partial charge in [-0.25, -0.2) is 0 Å². The third-order valence-corrected chi connectivity index (χ3v) is 1.62. The van der Waals surface area contributed by atoms with E-state index in [9.17, 15) is 22.7 Å². The number of ether oxygens (including phenoxy) is 1. The van der Waals surface area contributed by atoms with E-state index in [2.05, 4.69) is 4.74 Å². The van der Waals surface area contributed by atoms with Gasteiger partial charge < -0.3 is 4.74 Å². The van der Waals surface area contributed by atoms with Gasteiger partial charge in [0.25, 0.3) is 0 Å². The van der Waals surface area contributed by atoms with Crippen LogP contribution in [-0.2, 0) is 9.84 Å². The van der Waals surface area contributed by atoms with Crippen molar-refractivity contribution in [1.29, 1.82) is 0 Å². The van der Waals surface area contributed by atoms with Gasteiger partial charge in [0.15, 0.2) is 0 Å². The Bertz CT molecular complexity index is 156. The molecule has 6 heteroatoms. The molecule has 0 aromatic carbocycles. The monoisotopic (exact) mass is 217 g/mol. The molecule has 2 nitrogen and oxygen atoms in total. The summed E-state index contributed by atoms with van der Waals surface area (Å²) in [7, 11) is 0. The highest BCUT2D eigenvalue weighted by Crippen LogP contribution is 2.33. The number of alkyl halides is 4. The topological polar surface area (TPSA) is 29.1 Å². The zero-order valence-corrected chi connectivity index (χ0v) is 7.86. The Kier molecular flexibility index (Phi) is 5.36. The van der Waals surface area contributed by atoms with E-state index in [0.29, 0.717) is 6.42 Å². The Balaban J connectivity index is 3.67. The number of unbranched alkanes of at least 4 members (excludes halogenated alkanes) is 3. The molecular formula is C8H13F4O2. The fourth-order valence-corrected chi connectivity index (χ4v) is 0.813. The van der Waals surface area contributed by atoms with Crippen LogP contribution in [0.15, 0.2) is 0 Å². The van der Waals surface area contributed by atoms with E-state index in [1.807, 2.05) is 6.92 Å². The smallest absolute Gasteiger partial charge is 0.313 e. The minimum Gasteiger partial charge on any atom is -0.313 e. The maximum atomic E-state index is 12.2. The quantitative estimate of drug-likeness (QED) is 0.475. The molecule has 0 N–H and O–H groups in total. The predicted molar refractivity (Wildman–Crippen MR) is 40.7 cm³/mol. The predicted octanol–water partition coefficient (Wildman–Crippen LogP) is 3.20. The fraction of sp³-hybridized carbons (Fsp3) is 1.00. The molecule has 1 radical (unpaired) electrons. The van der Waals surface area contributed by atoms with Gasteiger partial charge >= 0.3 is 12.2 Å². The Morgan fingerprint density at radius 3 is 2.07 bits per heavy atom. The van der Waals surface area contributed by atoms with Gasteiger partial charge in [-0.2, -0.15) is 17.6 Å². The highest BCUT2D eigenvalue weighted by atomic mass is 19.3. The van der Waals surface area contributed by atoms with Gasteiger partial charge in [0.1, 0.15) is 0 Å². The first-order valence-electron chi connectivity index (χ1n) is 4.41. The summed E-state index contributed by atoms with van der Waals surface area (Å²) in [5.74, 6) is 0. The van der Waals surface area contributed by atoms with Crippen LogP contribution in [-0.4, -0.2) is 18.8 Å². The highest BCUT2D eigenvalue weighted by Gasteiger charge is 2.59. The molecule has 0 aliphatic carbocycles. The van der Waals surface area contributed by atoms with Crippen LogP contribution >= 0.6 is 0 Å². The first-order chi connectivity index (χ1) is 6.31. The molecule has 0 fully saturated rings. The molecule has 0 aromatic rings. The van der Waals surface area contributed by atoms with Crippen molar-refractivity contribution in [2.45, 2.75) is 44.8 Å². The van der Waals surface area contributed by atoms with E-state index in [4.69, 9.17) is 0 Å². The molecule has 85 valence electrons. The minimum atomic E-state index is -5.36. The zero-order valence-electron chi connectivity index (χ0n) is 7.86. The van der Waals surface area contributed by atoms with Crippen molar-refractivity contribution in [3.63, 3.8) is 0 Å². The van der Waals surface area contributed by atoms with E-state index < -0.39 is 18.8 Å². The molecule has 0 aromatic heterocycles. The minimum absolute atomic E-state index is 0.250. The largest absolute Gasteiger partial charge is 0.474 e. The van der Waals surface area contributed by atoms with Crippen molar-refractivity contribution in [3.8, 4) is 0 Å². The van der Waals surface area contributed by atoms with Crippen molar-refractivity contribution in [1.82, 2.24) is 0 Å². The lowest BCUT2D eigenvalue weighted by atomic mass is 10.2. The summed E-state index contributed by atoms with van der Waals surface area (Å²) in [5, 5.41) is 9.64. The molecule has 0 spiro atoms. The second-order valence-corrected chi connectivity index (χ2v) is 2.94. The van der Waals surface area contributed by atoms with E-state index in [-0.39, 0.29) is 6.42 Å². The summed E-state index contributed by atoms with van der Waals surface area (Å²) in [6, 6.07) is 0. The number of rotatable bonds is 7. The standard InChI is InChI=1S/C8H13F4O2/c1-2-3-4-5-6-14-8(11,12)7(9,10)13/h2-6H2,1H3. The van der Waals surface area contributed by atoms with Crippen LogP contribution < -0.4 is 0 Å². The maximum Gasteiger partial charge on any atom is 0.474 e. The second kappa shape index (κ2) is 5.50. The Labute approximate surface area is 79.9 Å². The van der Waals surface area contributed by atoms with Crippen molar-refractivity contribution in [2.75, 3.05) is 6.61 Å². The van der Waals surface area contributed by atoms with Crippen LogP contribution in [0.5, 0.6) is 0 Å². The number of hydrogen-bond acceptors (Lipinski definition) is 1. The third-order valence-electron chi connectivity index (χ3n) is 1.62. The molecule has 0 rings (SSSR count). The van der Waals surface area contributed by atoms with Gasteiger partial charge in [0, 0.05) is 0 Å². The first-order valence-corrected chi connectivity index (χ1v) is 4.41. The lowest BCUT2D eigenvalue weighted by Gasteiger charge is -2.19. The highest BCUT2D eigenvalue weighted by molar-refractivity contribution is 4.62. The van der Waals surface area contributed by atoms with Gasteiger partial charge in [0.2, 0.25) is 0 Å². The Morgan fingerprint density at radius 2 is 1.64 bits per heavy atom. The van der Waals surface area contributed by atoms with Crippen LogP contribution in [0.25, 0.3) is 0 Å². The van der Waals surface area contributed by atoms with Gasteiger partial charge in [-0.05, 0) is 6.42 Å². The summed E-state index contributed by atoms with van der Waals surface area (Å²) in [6.07, 6.45) is -7.68. The van der Waals surface area contributed by atoms with Crippen molar-refractivity contribution in [3.05, 3.63) is 0 Å². The third kappa shape index (κ3) is 4.76. The van der Waals surface area contributed by atoms with E-state index in [0.717, 1.165) is 12.8 Å². The molecule has 0 aliphatic heterocycles. The summed E-state index contributed by atoms with van der Waals surface area (Å²) in [4.78, 5) is 0. The maximum absolute atomic E-state index is 12.2. The van der Waals surface area contributed by atoms with Crippen LogP contribution in [0.4, 0.5) is 17.6 Å². The molecule has 0 saturated heterocycles. The van der Waals surface area contributed by atoms with Gasteiger partial charge in [-0.3, -0.25) is 0 Å². The molecule has 0 heterocycles. The average Bonchev–Trinajstić information content (AvgIpc) is 2.02. The number of hydrogen-bond donors (Lipinski definition) is 0. The van der Waals surface area contributed by atoms with Gasteiger partial charge in [0.05, 0.1) is 6.61 Å². The molecule has 0 saturated carbocycles. The van der Waals surface area contributed by atoms with Crippen molar-refractivity contribution >= 4 is 0 Å². The molecule has 0 amide bonds. The Hall–Kier alpha value is -0.360. The summed E-state index contributed by atoms with van der Waals surface area (Å²) in [5.41, 5.74) is 0. The van der Waals surface area contributed by atoms with E-state index in [1.54, 1.807) is 0 Å². The summed E-state index contributed by atoms with van der Waals surface area (Å²) >= 11 is 0. The van der Waals surface area contributed by atoms with Crippen molar-refractivity contribution < 1.29 is 27.4 Å². The van der Waals surface area contributed by atoms with Crippen LogP contribution in [0.1, 0.15) is 32.6 Å². The molecular weight excluding hydrogens is 204 g/mol. The Morgan fingerprint density at radius 1 is 1.07 bits per heavy atom. The fourth-order valence-electron chi connectivity index (χ4n) is 0.813. The molecule has 0 atom stereocenters. The van der Waals surface area contributed by atoms with Gasteiger partial charge in [-0.15, -0.1) is 5.11 Å². The lowest BCUT2D eigenvalue weighted by Crippen LogP contribution is -2.41. The van der Waals surface area contributed by atoms with Crippen LogP contribution in [0.2, 0.25) is 0 Å². The average molecular weight is 217 g/mol. The van der Waals surface area contributed by atoms with Crippen molar-refractivity contribution in [2.24, 2.45) is 0 Å². The first kappa shape index (κ1) is 13.6. The number of halogens is 4. The van der Waals surface area contributed by atoms with Crippen LogP contribution in [0.3, 0.4) is 0 Å². The molecule has 0 unspecified atom stereocenters.